The molecule has 1 amide bonds. The van der Waals surface area contributed by atoms with Crippen LogP contribution in [0.4, 0.5) is 5.82 Å². The van der Waals surface area contributed by atoms with Gasteiger partial charge in [0.05, 0.1) is 5.69 Å². The number of hydrogen-bond donors (Lipinski definition) is 1. The van der Waals surface area contributed by atoms with E-state index in [2.05, 4.69) is 48.8 Å². The van der Waals surface area contributed by atoms with Gasteiger partial charge in [0, 0.05) is 69.8 Å². The number of aromatic nitrogens is 5. The third-order valence-corrected chi connectivity index (χ3v) is 6.42. The van der Waals surface area contributed by atoms with Crippen LogP contribution in [0.1, 0.15) is 28.3 Å². The van der Waals surface area contributed by atoms with E-state index in [1.807, 2.05) is 30.5 Å². The molecule has 0 aliphatic carbocycles. The number of hydrogen-bond acceptors (Lipinski definition) is 7. The SMILES string of the molecule is CN(C)C(=O)c1ccc(C2=CCN(Cc3cc4c(-c5ccc(N)nc5)ccnc4n3C)CC2)nn1. The first-order chi connectivity index (χ1) is 16.9. The highest BCUT2D eigenvalue weighted by Crippen LogP contribution is 2.30. The minimum absolute atomic E-state index is 0.145. The van der Waals surface area contributed by atoms with Gasteiger partial charge in [0.1, 0.15) is 11.5 Å². The number of aryl methyl sites for hydroxylation is 1. The molecule has 1 aliphatic rings. The minimum Gasteiger partial charge on any atom is -0.384 e. The molecule has 35 heavy (non-hydrogen) atoms. The number of pyridine rings is 2. The van der Waals surface area contributed by atoms with Crippen molar-refractivity contribution in [1.29, 1.82) is 0 Å². The summed E-state index contributed by atoms with van der Waals surface area (Å²) in [6.07, 6.45) is 6.72. The Morgan fingerprint density at radius 2 is 1.97 bits per heavy atom. The van der Waals surface area contributed by atoms with E-state index in [0.29, 0.717) is 11.5 Å². The van der Waals surface area contributed by atoms with E-state index in [1.54, 1.807) is 26.4 Å². The highest BCUT2D eigenvalue weighted by atomic mass is 16.2. The third-order valence-electron chi connectivity index (χ3n) is 6.42. The summed E-state index contributed by atoms with van der Waals surface area (Å²) in [4.78, 5) is 24.8. The first kappa shape index (κ1) is 22.7. The molecule has 4 aromatic heterocycles. The van der Waals surface area contributed by atoms with E-state index in [0.717, 1.165) is 59.5 Å². The van der Waals surface area contributed by atoms with Gasteiger partial charge in [0.2, 0.25) is 0 Å². The van der Waals surface area contributed by atoms with Crippen LogP contribution in [0.2, 0.25) is 0 Å². The molecular formula is C26H28N8O. The molecule has 0 bridgehead atoms. The molecule has 0 radical (unpaired) electrons. The first-order valence-corrected chi connectivity index (χ1v) is 11.5. The van der Waals surface area contributed by atoms with Crippen molar-refractivity contribution in [3.8, 4) is 11.1 Å². The Balaban J connectivity index is 1.32. The predicted octanol–water partition coefficient (Wildman–Crippen LogP) is 3.00. The van der Waals surface area contributed by atoms with Crippen LogP contribution in [0.3, 0.4) is 0 Å². The van der Waals surface area contributed by atoms with Crippen molar-refractivity contribution < 1.29 is 4.79 Å². The van der Waals surface area contributed by atoms with Crippen LogP contribution in [0.5, 0.6) is 0 Å². The summed E-state index contributed by atoms with van der Waals surface area (Å²) < 4.78 is 2.16. The second kappa shape index (κ2) is 9.27. The van der Waals surface area contributed by atoms with Crippen molar-refractivity contribution in [1.82, 2.24) is 34.5 Å². The van der Waals surface area contributed by atoms with Gasteiger partial charge in [-0.2, -0.15) is 5.10 Å². The van der Waals surface area contributed by atoms with Gasteiger partial charge in [-0.1, -0.05) is 6.08 Å². The van der Waals surface area contributed by atoms with E-state index in [1.165, 1.54) is 10.6 Å². The number of carbonyl (C=O) groups is 1. The summed E-state index contributed by atoms with van der Waals surface area (Å²) in [5.41, 5.74) is 12.4. The van der Waals surface area contributed by atoms with Gasteiger partial charge in [-0.05, 0) is 54.0 Å². The molecule has 5 heterocycles. The summed E-state index contributed by atoms with van der Waals surface area (Å²) >= 11 is 0. The molecular weight excluding hydrogens is 440 g/mol. The summed E-state index contributed by atoms with van der Waals surface area (Å²) in [6, 6.07) is 11.7. The Bertz CT molecular complexity index is 1400. The lowest BCUT2D eigenvalue weighted by Gasteiger charge is -2.26. The maximum Gasteiger partial charge on any atom is 0.273 e. The van der Waals surface area contributed by atoms with Gasteiger partial charge in [-0.25, -0.2) is 9.97 Å². The molecule has 9 nitrogen and oxygen atoms in total. The molecule has 5 rings (SSSR count). The van der Waals surface area contributed by atoms with E-state index < -0.39 is 0 Å². The topological polar surface area (TPSA) is 106 Å². The fourth-order valence-electron chi connectivity index (χ4n) is 4.40. The molecule has 1 aliphatic heterocycles. The summed E-state index contributed by atoms with van der Waals surface area (Å²) in [6.45, 7) is 2.55. The molecule has 4 aromatic rings. The second-order valence-electron chi connectivity index (χ2n) is 8.98. The summed E-state index contributed by atoms with van der Waals surface area (Å²) in [7, 11) is 5.48. The number of carbonyl (C=O) groups excluding carboxylic acids is 1. The van der Waals surface area contributed by atoms with Crippen molar-refractivity contribution in [2.45, 2.75) is 13.0 Å². The predicted molar refractivity (Wildman–Crippen MR) is 136 cm³/mol. The number of rotatable bonds is 5. The number of fused-ring (bicyclic) bond motifs is 1. The fraction of sp³-hybridized carbons (Fsp3) is 0.269. The second-order valence-corrected chi connectivity index (χ2v) is 8.98. The van der Waals surface area contributed by atoms with Crippen LogP contribution in [0.15, 0.2) is 54.9 Å². The quantitative estimate of drug-likeness (QED) is 0.480. The van der Waals surface area contributed by atoms with Crippen molar-refractivity contribution in [3.63, 3.8) is 0 Å². The summed E-state index contributed by atoms with van der Waals surface area (Å²) in [5.74, 6) is 0.363. The summed E-state index contributed by atoms with van der Waals surface area (Å²) in [5, 5.41) is 9.51. The maximum atomic E-state index is 12.0. The molecule has 0 saturated carbocycles. The Kier molecular flexibility index (Phi) is 6.00. The van der Waals surface area contributed by atoms with Gasteiger partial charge < -0.3 is 15.2 Å². The van der Waals surface area contributed by atoms with Crippen LogP contribution in [0, 0.1) is 0 Å². The lowest BCUT2D eigenvalue weighted by atomic mass is 10.0. The van der Waals surface area contributed by atoms with Gasteiger partial charge >= 0.3 is 0 Å². The van der Waals surface area contributed by atoms with Crippen LogP contribution in [0.25, 0.3) is 27.7 Å². The van der Waals surface area contributed by atoms with Crippen LogP contribution >= 0.6 is 0 Å². The van der Waals surface area contributed by atoms with Gasteiger partial charge in [0.25, 0.3) is 5.91 Å². The number of anilines is 1. The average molecular weight is 469 g/mol. The largest absolute Gasteiger partial charge is 0.384 e. The molecule has 0 spiro atoms. The van der Waals surface area contributed by atoms with Crippen LogP contribution in [-0.2, 0) is 13.6 Å². The number of nitrogens with two attached hydrogens (primary N) is 1. The Morgan fingerprint density at radius 3 is 2.63 bits per heavy atom. The Morgan fingerprint density at radius 1 is 1.11 bits per heavy atom. The molecule has 0 saturated heterocycles. The van der Waals surface area contributed by atoms with E-state index in [9.17, 15) is 4.79 Å². The van der Waals surface area contributed by atoms with E-state index in [-0.39, 0.29) is 5.91 Å². The maximum absolute atomic E-state index is 12.0. The van der Waals surface area contributed by atoms with Crippen molar-refractivity contribution in [2.75, 3.05) is 32.9 Å². The number of nitrogen functional groups attached to an aromatic ring is 1. The monoisotopic (exact) mass is 468 g/mol. The zero-order chi connectivity index (χ0) is 24.5. The number of amides is 1. The highest BCUT2D eigenvalue weighted by Gasteiger charge is 2.19. The standard InChI is InChI=1S/C26H28N8O/c1-32(2)26(35)23-6-5-22(30-31-23)17-9-12-34(13-10-17)16-19-14-21-20(8-11-28-25(21)33(19)3)18-4-7-24(27)29-15-18/h4-9,11,14-15H,10,12-13,16H2,1-3H3,(H2,27,29). The molecule has 0 aromatic carbocycles. The molecule has 0 fully saturated rings. The normalized spacial score (nSPS) is 14.2. The van der Waals surface area contributed by atoms with Crippen LogP contribution in [-0.4, -0.2) is 67.6 Å². The lowest BCUT2D eigenvalue weighted by Crippen LogP contribution is -2.29. The van der Waals surface area contributed by atoms with E-state index >= 15 is 0 Å². The average Bonchev–Trinajstić information content (AvgIpc) is 3.20. The molecule has 2 N–H and O–H groups in total. The molecule has 9 heteroatoms. The first-order valence-electron chi connectivity index (χ1n) is 11.5. The number of nitrogens with zero attached hydrogens (tertiary/aromatic N) is 7. The lowest BCUT2D eigenvalue weighted by molar-refractivity contribution is 0.0820. The van der Waals surface area contributed by atoms with E-state index in [4.69, 9.17) is 5.73 Å². The van der Waals surface area contributed by atoms with Crippen molar-refractivity contribution in [2.24, 2.45) is 7.05 Å². The zero-order valence-electron chi connectivity index (χ0n) is 20.1. The Hall–Kier alpha value is -4.11. The van der Waals surface area contributed by atoms with Gasteiger partial charge in [-0.15, -0.1) is 5.10 Å². The van der Waals surface area contributed by atoms with Crippen molar-refractivity contribution >= 4 is 28.3 Å². The third kappa shape index (κ3) is 4.50. The fourth-order valence-corrected chi connectivity index (χ4v) is 4.40. The highest BCUT2D eigenvalue weighted by molar-refractivity contribution is 5.94. The van der Waals surface area contributed by atoms with Gasteiger partial charge in [-0.3, -0.25) is 9.69 Å². The molecule has 178 valence electrons. The molecule has 0 atom stereocenters. The smallest absolute Gasteiger partial charge is 0.273 e. The Labute approximate surface area is 203 Å². The zero-order valence-corrected chi connectivity index (χ0v) is 20.1. The van der Waals surface area contributed by atoms with Crippen LogP contribution < -0.4 is 5.73 Å². The molecule has 0 unspecified atom stereocenters. The minimum atomic E-state index is -0.145. The van der Waals surface area contributed by atoms with Gasteiger partial charge in [0.15, 0.2) is 5.69 Å². The van der Waals surface area contributed by atoms with Crippen molar-refractivity contribution in [3.05, 3.63) is 71.9 Å².